The molecule has 3 nitrogen and oxygen atoms in total. The molecule has 0 spiro atoms. The van der Waals surface area contributed by atoms with E-state index in [4.69, 9.17) is 10.4 Å². The standard InChI is InChI=1S/C10H8BrNO2/c1-6-2-7(10(13)14)3-8(5-12)9(6)4-11/h2-3H,4H2,1H3,(H,13,14). The Morgan fingerprint density at radius 1 is 1.64 bits per heavy atom. The number of rotatable bonds is 2. The highest BCUT2D eigenvalue weighted by Crippen LogP contribution is 2.19. The van der Waals surface area contributed by atoms with Crippen LogP contribution in [0.5, 0.6) is 0 Å². The van der Waals surface area contributed by atoms with Crippen LogP contribution in [0, 0.1) is 18.3 Å². The second-order valence-corrected chi connectivity index (χ2v) is 3.43. The number of carboxylic acids is 1. The number of hydrogen-bond acceptors (Lipinski definition) is 2. The van der Waals surface area contributed by atoms with Crippen molar-refractivity contribution in [3.8, 4) is 6.07 Å². The summed E-state index contributed by atoms with van der Waals surface area (Å²) in [4.78, 5) is 10.7. The molecule has 0 amide bonds. The number of alkyl halides is 1. The average Bonchev–Trinajstić information content (AvgIpc) is 2.16. The van der Waals surface area contributed by atoms with Crippen LogP contribution in [0.3, 0.4) is 0 Å². The number of aryl methyl sites for hydroxylation is 1. The second kappa shape index (κ2) is 4.25. The number of benzene rings is 1. The molecule has 1 aromatic carbocycles. The van der Waals surface area contributed by atoms with E-state index in [-0.39, 0.29) is 5.56 Å². The first-order valence-electron chi connectivity index (χ1n) is 3.93. The summed E-state index contributed by atoms with van der Waals surface area (Å²) >= 11 is 3.26. The average molecular weight is 254 g/mol. The Balaban J connectivity index is 3.41. The largest absolute Gasteiger partial charge is 0.478 e. The van der Waals surface area contributed by atoms with Gasteiger partial charge in [0.15, 0.2) is 0 Å². The fourth-order valence-electron chi connectivity index (χ4n) is 1.22. The quantitative estimate of drug-likeness (QED) is 0.824. The van der Waals surface area contributed by atoms with E-state index in [1.165, 1.54) is 6.07 Å². The zero-order valence-corrected chi connectivity index (χ0v) is 9.13. The van der Waals surface area contributed by atoms with E-state index >= 15 is 0 Å². The van der Waals surface area contributed by atoms with E-state index < -0.39 is 5.97 Å². The third-order valence-electron chi connectivity index (χ3n) is 1.97. The summed E-state index contributed by atoms with van der Waals surface area (Å²) in [6.07, 6.45) is 0. The highest BCUT2D eigenvalue weighted by Gasteiger charge is 2.10. The van der Waals surface area contributed by atoms with Crippen molar-refractivity contribution in [3.63, 3.8) is 0 Å². The summed E-state index contributed by atoms with van der Waals surface area (Å²) in [6.45, 7) is 1.80. The number of carbonyl (C=O) groups is 1. The highest BCUT2D eigenvalue weighted by molar-refractivity contribution is 9.08. The molecule has 0 heterocycles. The van der Waals surface area contributed by atoms with Crippen LogP contribution in [-0.4, -0.2) is 11.1 Å². The molecule has 0 saturated heterocycles. The molecule has 1 N–H and O–H groups in total. The molecular weight excluding hydrogens is 246 g/mol. The normalized spacial score (nSPS) is 9.50. The van der Waals surface area contributed by atoms with Gasteiger partial charge in [-0.3, -0.25) is 0 Å². The van der Waals surface area contributed by atoms with Gasteiger partial charge in [0.25, 0.3) is 0 Å². The van der Waals surface area contributed by atoms with E-state index in [2.05, 4.69) is 15.9 Å². The summed E-state index contributed by atoms with van der Waals surface area (Å²) in [7, 11) is 0. The minimum Gasteiger partial charge on any atom is -0.478 e. The summed E-state index contributed by atoms with van der Waals surface area (Å²) in [5.41, 5.74) is 2.24. The molecule has 0 aliphatic rings. The van der Waals surface area contributed by atoms with Crippen molar-refractivity contribution in [2.45, 2.75) is 12.3 Å². The van der Waals surface area contributed by atoms with Crippen LogP contribution in [0.1, 0.15) is 27.0 Å². The Bertz CT molecular complexity index is 421. The van der Waals surface area contributed by atoms with Crippen LogP contribution in [0.2, 0.25) is 0 Å². The van der Waals surface area contributed by atoms with Crippen LogP contribution < -0.4 is 0 Å². The molecular formula is C10H8BrNO2. The molecule has 14 heavy (non-hydrogen) atoms. The molecule has 0 bridgehead atoms. The molecule has 1 aromatic rings. The minimum atomic E-state index is -1.01. The molecule has 0 radical (unpaired) electrons. The number of halogens is 1. The molecule has 0 fully saturated rings. The molecule has 0 aromatic heterocycles. The van der Waals surface area contributed by atoms with Crippen molar-refractivity contribution >= 4 is 21.9 Å². The van der Waals surface area contributed by atoms with E-state index in [0.29, 0.717) is 10.9 Å². The molecule has 4 heteroatoms. The predicted octanol–water partition coefficient (Wildman–Crippen LogP) is 2.46. The molecule has 72 valence electrons. The SMILES string of the molecule is Cc1cc(C(=O)O)cc(C#N)c1CBr. The van der Waals surface area contributed by atoms with Crippen LogP contribution in [0.25, 0.3) is 0 Å². The lowest BCUT2D eigenvalue weighted by molar-refractivity contribution is 0.0696. The van der Waals surface area contributed by atoms with Gasteiger partial charge in [-0.15, -0.1) is 0 Å². The van der Waals surface area contributed by atoms with Crippen LogP contribution in [0.4, 0.5) is 0 Å². The van der Waals surface area contributed by atoms with E-state index in [1.807, 2.05) is 6.07 Å². The van der Waals surface area contributed by atoms with Gasteiger partial charge in [-0.25, -0.2) is 4.79 Å². The first-order valence-corrected chi connectivity index (χ1v) is 5.05. The van der Waals surface area contributed by atoms with Gasteiger partial charge in [-0.1, -0.05) is 15.9 Å². The summed E-state index contributed by atoms with van der Waals surface area (Å²) in [6, 6.07) is 4.95. The Morgan fingerprint density at radius 2 is 2.29 bits per heavy atom. The molecule has 0 aliphatic heterocycles. The Kier molecular flexibility index (Phi) is 3.26. The minimum absolute atomic E-state index is 0.156. The van der Waals surface area contributed by atoms with Crippen molar-refractivity contribution in [2.24, 2.45) is 0 Å². The van der Waals surface area contributed by atoms with Crippen molar-refractivity contribution < 1.29 is 9.90 Å². The fraction of sp³-hybridized carbons (Fsp3) is 0.200. The van der Waals surface area contributed by atoms with Gasteiger partial charge >= 0.3 is 5.97 Å². The smallest absolute Gasteiger partial charge is 0.335 e. The third kappa shape index (κ3) is 1.94. The number of nitrogens with zero attached hydrogens (tertiary/aromatic N) is 1. The van der Waals surface area contributed by atoms with Gasteiger partial charge < -0.3 is 5.11 Å². The first kappa shape index (κ1) is 10.7. The van der Waals surface area contributed by atoms with E-state index in [1.54, 1.807) is 13.0 Å². The summed E-state index contributed by atoms with van der Waals surface area (Å²) in [5.74, 6) is -1.01. The Hall–Kier alpha value is -1.34. The van der Waals surface area contributed by atoms with Gasteiger partial charge in [-0.05, 0) is 30.2 Å². The van der Waals surface area contributed by atoms with Crippen LogP contribution >= 0.6 is 15.9 Å². The molecule has 0 saturated carbocycles. The van der Waals surface area contributed by atoms with Crippen LogP contribution in [0.15, 0.2) is 12.1 Å². The van der Waals surface area contributed by atoms with Gasteiger partial charge in [0.2, 0.25) is 0 Å². The number of aromatic carboxylic acids is 1. The fourth-order valence-corrected chi connectivity index (χ4v) is 1.96. The van der Waals surface area contributed by atoms with Gasteiger partial charge in [0.05, 0.1) is 17.2 Å². The zero-order chi connectivity index (χ0) is 10.7. The maximum Gasteiger partial charge on any atom is 0.335 e. The third-order valence-corrected chi connectivity index (χ3v) is 2.53. The summed E-state index contributed by atoms with van der Waals surface area (Å²) < 4.78 is 0. The van der Waals surface area contributed by atoms with Gasteiger partial charge in [-0.2, -0.15) is 5.26 Å². The molecule has 0 atom stereocenters. The lowest BCUT2D eigenvalue weighted by Gasteiger charge is -2.05. The van der Waals surface area contributed by atoms with Crippen molar-refractivity contribution in [1.82, 2.24) is 0 Å². The summed E-state index contributed by atoms with van der Waals surface area (Å²) in [5, 5.41) is 18.1. The second-order valence-electron chi connectivity index (χ2n) is 2.87. The first-order chi connectivity index (χ1) is 6.60. The number of nitriles is 1. The highest BCUT2D eigenvalue weighted by atomic mass is 79.9. The Morgan fingerprint density at radius 3 is 2.71 bits per heavy atom. The van der Waals surface area contributed by atoms with Crippen molar-refractivity contribution in [3.05, 3.63) is 34.4 Å². The van der Waals surface area contributed by atoms with Crippen molar-refractivity contribution in [1.29, 1.82) is 5.26 Å². The molecule has 0 unspecified atom stereocenters. The molecule has 0 aliphatic carbocycles. The monoisotopic (exact) mass is 253 g/mol. The lowest BCUT2D eigenvalue weighted by atomic mass is 10.0. The predicted molar refractivity (Wildman–Crippen MR) is 55.5 cm³/mol. The zero-order valence-electron chi connectivity index (χ0n) is 7.54. The van der Waals surface area contributed by atoms with Gasteiger partial charge in [0, 0.05) is 5.33 Å². The van der Waals surface area contributed by atoms with Crippen molar-refractivity contribution in [2.75, 3.05) is 0 Å². The lowest BCUT2D eigenvalue weighted by Crippen LogP contribution is -2.00. The maximum absolute atomic E-state index is 10.7. The molecule has 1 rings (SSSR count). The van der Waals surface area contributed by atoms with E-state index in [0.717, 1.165) is 11.1 Å². The Labute approximate surface area is 90.1 Å². The number of carboxylic acid groups (broad SMARTS) is 1. The maximum atomic E-state index is 10.7. The van der Waals surface area contributed by atoms with Gasteiger partial charge in [0.1, 0.15) is 0 Å². The topological polar surface area (TPSA) is 61.1 Å². The van der Waals surface area contributed by atoms with Crippen LogP contribution in [-0.2, 0) is 5.33 Å². The van der Waals surface area contributed by atoms with E-state index in [9.17, 15) is 4.79 Å². The number of hydrogen-bond donors (Lipinski definition) is 1.